The van der Waals surface area contributed by atoms with E-state index in [-0.39, 0.29) is 11.6 Å². The Bertz CT molecular complexity index is 1030. The number of nitrogens with zero attached hydrogens (tertiary/aromatic N) is 5. The second-order valence-corrected chi connectivity index (χ2v) is 7.24. The zero-order chi connectivity index (χ0) is 17.5. The second-order valence-electron chi connectivity index (χ2n) is 7.24. The zero-order valence-corrected chi connectivity index (χ0v) is 14.6. The lowest BCUT2D eigenvalue weighted by Crippen LogP contribution is -2.40. The molecule has 1 fully saturated rings. The SMILES string of the molecule is O=c1c2ccccc2ncn1[C@H]1CCCN(c2cc3c(nn2)CCC3)C1. The van der Waals surface area contributed by atoms with Crippen LogP contribution < -0.4 is 10.5 Å². The van der Waals surface area contributed by atoms with Crippen LogP contribution in [-0.4, -0.2) is 32.8 Å². The van der Waals surface area contributed by atoms with E-state index in [0.29, 0.717) is 5.39 Å². The van der Waals surface area contributed by atoms with Gasteiger partial charge in [0.05, 0.1) is 29.0 Å². The van der Waals surface area contributed by atoms with Crippen LogP contribution in [0, 0.1) is 0 Å². The first-order valence-electron chi connectivity index (χ1n) is 9.36. The van der Waals surface area contributed by atoms with Crippen molar-refractivity contribution in [1.82, 2.24) is 19.7 Å². The molecule has 5 rings (SSSR count). The van der Waals surface area contributed by atoms with Crippen LogP contribution in [-0.2, 0) is 12.8 Å². The molecule has 2 aromatic heterocycles. The summed E-state index contributed by atoms with van der Waals surface area (Å²) in [4.78, 5) is 19.6. The summed E-state index contributed by atoms with van der Waals surface area (Å²) in [6.45, 7) is 1.73. The van der Waals surface area contributed by atoms with Crippen molar-refractivity contribution < 1.29 is 0 Å². The molecule has 1 saturated heterocycles. The van der Waals surface area contributed by atoms with Crippen LogP contribution >= 0.6 is 0 Å². The molecule has 1 aliphatic carbocycles. The molecule has 0 saturated carbocycles. The molecule has 0 unspecified atom stereocenters. The third-order valence-corrected chi connectivity index (χ3v) is 5.61. The number of aryl methyl sites for hydroxylation is 2. The summed E-state index contributed by atoms with van der Waals surface area (Å²) in [6.07, 6.45) is 7.03. The van der Waals surface area contributed by atoms with E-state index in [0.717, 1.165) is 55.8 Å². The summed E-state index contributed by atoms with van der Waals surface area (Å²) >= 11 is 0. The summed E-state index contributed by atoms with van der Waals surface area (Å²) in [7, 11) is 0. The minimum atomic E-state index is 0.0440. The number of fused-ring (bicyclic) bond motifs is 2. The van der Waals surface area contributed by atoms with E-state index in [4.69, 9.17) is 0 Å². The van der Waals surface area contributed by atoms with E-state index >= 15 is 0 Å². The van der Waals surface area contributed by atoms with Gasteiger partial charge >= 0.3 is 0 Å². The van der Waals surface area contributed by atoms with Crippen molar-refractivity contribution >= 4 is 16.7 Å². The topological polar surface area (TPSA) is 63.9 Å². The van der Waals surface area contributed by atoms with Crippen LogP contribution in [0.4, 0.5) is 5.82 Å². The monoisotopic (exact) mass is 347 g/mol. The number of hydrogen-bond donors (Lipinski definition) is 0. The van der Waals surface area contributed by atoms with Crippen LogP contribution in [0.1, 0.15) is 36.6 Å². The summed E-state index contributed by atoms with van der Waals surface area (Å²) in [6, 6.07) is 9.85. The highest BCUT2D eigenvalue weighted by Crippen LogP contribution is 2.27. The molecule has 6 nitrogen and oxygen atoms in total. The van der Waals surface area contributed by atoms with Crippen LogP contribution in [0.15, 0.2) is 41.5 Å². The lowest BCUT2D eigenvalue weighted by atomic mass is 10.0. The van der Waals surface area contributed by atoms with Gasteiger partial charge in [-0.3, -0.25) is 9.36 Å². The maximum absolute atomic E-state index is 12.9. The average Bonchev–Trinajstić information content (AvgIpc) is 3.16. The molecule has 0 radical (unpaired) electrons. The van der Waals surface area contributed by atoms with Gasteiger partial charge < -0.3 is 4.90 Å². The van der Waals surface area contributed by atoms with Crippen molar-refractivity contribution in [3.8, 4) is 0 Å². The Morgan fingerprint density at radius 1 is 1.08 bits per heavy atom. The summed E-state index contributed by atoms with van der Waals surface area (Å²) in [5.41, 5.74) is 3.28. The van der Waals surface area contributed by atoms with Gasteiger partial charge in [0.2, 0.25) is 0 Å². The Hall–Kier alpha value is -2.76. The molecule has 1 atom stereocenters. The Morgan fingerprint density at radius 2 is 2.00 bits per heavy atom. The van der Waals surface area contributed by atoms with Crippen molar-refractivity contribution in [3.05, 3.63) is 58.3 Å². The van der Waals surface area contributed by atoms with Crippen molar-refractivity contribution in [3.63, 3.8) is 0 Å². The maximum atomic E-state index is 12.9. The van der Waals surface area contributed by atoms with Crippen molar-refractivity contribution in [2.75, 3.05) is 18.0 Å². The van der Waals surface area contributed by atoms with Gasteiger partial charge in [-0.15, -0.1) is 5.10 Å². The molecule has 1 aliphatic heterocycles. The number of rotatable bonds is 2. The fraction of sp³-hybridized carbons (Fsp3) is 0.400. The van der Waals surface area contributed by atoms with Crippen LogP contribution in [0.3, 0.4) is 0 Å². The number of aromatic nitrogens is 4. The van der Waals surface area contributed by atoms with Crippen LogP contribution in [0.25, 0.3) is 10.9 Å². The van der Waals surface area contributed by atoms with E-state index in [1.807, 2.05) is 24.3 Å². The number of hydrogen-bond acceptors (Lipinski definition) is 5. The quantitative estimate of drug-likeness (QED) is 0.713. The number of benzene rings is 1. The smallest absolute Gasteiger partial charge is 0.261 e. The number of anilines is 1. The first-order chi connectivity index (χ1) is 12.8. The first kappa shape index (κ1) is 15.5. The third-order valence-electron chi connectivity index (χ3n) is 5.61. The molecule has 3 heterocycles. The molecule has 2 aliphatic rings. The van der Waals surface area contributed by atoms with E-state index in [2.05, 4.69) is 26.1 Å². The van der Waals surface area contributed by atoms with E-state index in [9.17, 15) is 4.79 Å². The summed E-state index contributed by atoms with van der Waals surface area (Å²) in [5, 5.41) is 9.55. The summed E-state index contributed by atoms with van der Waals surface area (Å²) < 4.78 is 1.80. The molecule has 0 amide bonds. The highest BCUT2D eigenvalue weighted by atomic mass is 16.1. The van der Waals surface area contributed by atoms with Gasteiger partial charge in [0.15, 0.2) is 5.82 Å². The molecule has 0 N–H and O–H groups in total. The molecule has 0 bridgehead atoms. The molecule has 3 aromatic rings. The predicted octanol–water partition coefficient (Wildman–Crippen LogP) is 2.52. The van der Waals surface area contributed by atoms with Gasteiger partial charge in [0, 0.05) is 13.1 Å². The molecule has 6 heteroatoms. The number of piperidine rings is 1. The normalized spacial score (nSPS) is 19.7. The van der Waals surface area contributed by atoms with Crippen molar-refractivity contribution in [2.24, 2.45) is 0 Å². The summed E-state index contributed by atoms with van der Waals surface area (Å²) in [5.74, 6) is 0.942. The van der Waals surface area contributed by atoms with Gasteiger partial charge in [-0.25, -0.2) is 4.98 Å². The molecule has 1 aromatic carbocycles. The molecule has 26 heavy (non-hydrogen) atoms. The van der Waals surface area contributed by atoms with Crippen molar-refractivity contribution in [1.29, 1.82) is 0 Å². The Morgan fingerprint density at radius 3 is 2.96 bits per heavy atom. The second kappa shape index (κ2) is 6.20. The van der Waals surface area contributed by atoms with E-state index in [1.54, 1.807) is 10.9 Å². The fourth-order valence-corrected chi connectivity index (χ4v) is 4.20. The van der Waals surface area contributed by atoms with Crippen molar-refractivity contribution in [2.45, 2.75) is 38.1 Å². The molecule has 132 valence electrons. The highest BCUT2D eigenvalue weighted by molar-refractivity contribution is 5.76. The molecular formula is C20H21N5O. The number of para-hydroxylation sites is 1. The van der Waals surface area contributed by atoms with Gasteiger partial charge in [0.25, 0.3) is 5.56 Å². The van der Waals surface area contributed by atoms with Gasteiger partial charge in [-0.2, -0.15) is 5.10 Å². The minimum Gasteiger partial charge on any atom is -0.353 e. The van der Waals surface area contributed by atoms with Gasteiger partial charge in [-0.05, 0) is 55.9 Å². The molecular weight excluding hydrogens is 326 g/mol. The maximum Gasteiger partial charge on any atom is 0.261 e. The highest BCUT2D eigenvalue weighted by Gasteiger charge is 2.25. The average molecular weight is 347 g/mol. The van der Waals surface area contributed by atoms with Gasteiger partial charge in [-0.1, -0.05) is 12.1 Å². The standard InChI is InChI=1S/C20H21N5O/c26-20-16-7-1-2-8-18(16)21-13-25(20)15-6-4-10-24(12-15)19-11-14-5-3-9-17(14)22-23-19/h1-2,7-8,11,13,15H,3-6,9-10,12H2/t15-/m0/s1. The van der Waals surface area contributed by atoms with Gasteiger partial charge in [0.1, 0.15) is 0 Å². The zero-order valence-electron chi connectivity index (χ0n) is 14.6. The Labute approximate surface area is 151 Å². The lowest BCUT2D eigenvalue weighted by molar-refractivity contribution is 0.393. The first-order valence-corrected chi connectivity index (χ1v) is 9.36. The Balaban J connectivity index is 1.46. The van der Waals surface area contributed by atoms with Crippen LogP contribution in [0.5, 0.6) is 0 Å². The Kier molecular flexibility index (Phi) is 3.69. The van der Waals surface area contributed by atoms with E-state index < -0.39 is 0 Å². The minimum absolute atomic E-state index is 0.0440. The fourth-order valence-electron chi connectivity index (χ4n) is 4.20. The molecule has 0 spiro atoms. The largest absolute Gasteiger partial charge is 0.353 e. The van der Waals surface area contributed by atoms with Crippen LogP contribution in [0.2, 0.25) is 0 Å². The predicted molar refractivity (Wildman–Crippen MR) is 101 cm³/mol. The lowest BCUT2D eigenvalue weighted by Gasteiger charge is -2.34. The third kappa shape index (κ3) is 2.57. The van der Waals surface area contributed by atoms with E-state index in [1.165, 1.54) is 12.0 Å².